The highest BCUT2D eigenvalue weighted by Gasteiger charge is 2.52. The molecule has 0 saturated carbocycles. The summed E-state index contributed by atoms with van der Waals surface area (Å²) in [5.74, 6) is -6.04. The Kier molecular flexibility index (Phi) is 16.1. The first kappa shape index (κ1) is 48.4. The molecular formula is C46H50F2N6O13. The highest BCUT2D eigenvalue weighted by Crippen LogP contribution is 2.32. The van der Waals surface area contributed by atoms with E-state index in [2.05, 4.69) is 20.9 Å². The van der Waals surface area contributed by atoms with E-state index in [1.807, 2.05) is 0 Å². The van der Waals surface area contributed by atoms with Crippen molar-refractivity contribution in [3.63, 3.8) is 0 Å². The first-order chi connectivity index (χ1) is 32.3. The number of fused-ring (bicyclic) bond motifs is 2. The predicted octanol–water partition coefficient (Wildman–Crippen LogP) is 1.69. The zero-order valence-electron chi connectivity index (χ0n) is 36.4. The number of aromatic amines is 1. The van der Waals surface area contributed by atoms with E-state index in [0.29, 0.717) is 87.5 Å². The summed E-state index contributed by atoms with van der Waals surface area (Å²) < 4.78 is 54.8. The molecule has 1 aromatic heterocycles. The van der Waals surface area contributed by atoms with Gasteiger partial charge in [0.2, 0.25) is 17.4 Å². The first-order valence-electron chi connectivity index (χ1n) is 21.7. The molecule has 0 aliphatic carbocycles. The van der Waals surface area contributed by atoms with Crippen molar-refractivity contribution < 1.29 is 71.1 Å². The molecule has 4 heterocycles. The molecule has 5 N–H and O–H groups in total. The third kappa shape index (κ3) is 11.7. The standard InChI is InChI=1S/C46H50F2N6O13/c47-31-22-28(23-32(48)26-31)27-50-44(60)46(62)9-11-53(45(46)61)33-4-5-35-30(24-33)25-36(51-35)40(56)49-10-13-64-15-17-66-19-21-67-20-18-65-16-14-63-12-8-29-2-1-3-34-39(29)43(59)54(42(34)58)37-6-7-38(55)52-41(37)57/h1-5,22-26,37,51,62H,6-21,27H2,(H,49,56)(H,50,60)(H,52,55,57). The van der Waals surface area contributed by atoms with Crippen LogP contribution in [0.1, 0.15) is 61.6 Å². The average molecular weight is 933 g/mol. The Bertz CT molecular complexity index is 2500. The Hall–Kier alpha value is -6.49. The molecule has 2 fully saturated rings. The van der Waals surface area contributed by atoms with Gasteiger partial charge in [-0.3, -0.25) is 43.8 Å². The number of amides is 7. The topological polar surface area (TPSA) is 244 Å². The number of halogens is 2. The van der Waals surface area contributed by atoms with E-state index in [0.717, 1.165) is 17.0 Å². The Balaban J connectivity index is 0.694. The number of benzene rings is 3. The number of aromatic nitrogens is 1. The molecule has 4 aromatic rings. The van der Waals surface area contributed by atoms with Crippen LogP contribution in [0.5, 0.6) is 0 Å². The van der Waals surface area contributed by atoms with Crippen molar-refractivity contribution in [3.8, 4) is 0 Å². The Morgan fingerprint density at radius 1 is 0.776 bits per heavy atom. The van der Waals surface area contributed by atoms with Gasteiger partial charge in [-0.05, 0) is 66.4 Å². The van der Waals surface area contributed by atoms with E-state index in [9.17, 15) is 47.4 Å². The van der Waals surface area contributed by atoms with Crippen molar-refractivity contribution in [1.82, 2.24) is 25.8 Å². The fourth-order valence-corrected chi connectivity index (χ4v) is 7.90. The van der Waals surface area contributed by atoms with Gasteiger partial charge in [0, 0.05) is 55.1 Å². The number of H-pyrrole nitrogens is 1. The first-order valence-corrected chi connectivity index (χ1v) is 21.7. The molecule has 7 rings (SSSR count). The number of carbonyl (C=O) groups is 7. The van der Waals surface area contributed by atoms with Crippen molar-refractivity contribution in [3.05, 3.63) is 100 Å². The minimum Gasteiger partial charge on any atom is -0.379 e. The summed E-state index contributed by atoms with van der Waals surface area (Å²) in [7, 11) is 0. The molecule has 0 bridgehead atoms. The molecule has 3 aromatic carbocycles. The number of nitrogens with one attached hydrogen (secondary N) is 4. The van der Waals surface area contributed by atoms with Crippen LogP contribution in [-0.2, 0) is 55.8 Å². The third-order valence-corrected chi connectivity index (χ3v) is 11.3. The maximum Gasteiger partial charge on any atom is 0.268 e. The number of aliphatic hydroxyl groups is 1. The second-order valence-corrected chi connectivity index (χ2v) is 15.8. The summed E-state index contributed by atoms with van der Waals surface area (Å²) in [6.45, 7) is 3.13. The lowest BCUT2D eigenvalue weighted by molar-refractivity contribution is -0.149. The molecule has 2 atom stereocenters. The zero-order valence-corrected chi connectivity index (χ0v) is 36.4. The molecule has 2 unspecified atom stereocenters. The molecule has 3 aliphatic heterocycles. The van der Waals surface area contributed by atoms with Crippen LogP contribution in [0.3, 0.4) is 0 Å². The lowest BCUT2D eigenvalue weighted by atomic mass is 10.0. The summed E-state index contributed by atoms with van der Waals surface area (Å²) in [5.41, 5.74) is 0.177. The maximum absolute atomic E-state index is 13.5. The molecule has 0 radical (unpaired) electrons. The minimum absolute atomic E-state index is 0.0351. The average Bonchev–Trinajstić information content (AvgIpc) is 3.95. The normalized spacial score (nSPS) is 18.3. The number of ether oxygens (including phenoxy) is 5. The summed E-state index contributed by atoms with van der Waals surface area (Å²) in [6.07, 6.45) is 0.307. The van der Waals surface area contributed by atoms with Crippen LogP contribution in [0.4, 0.5) is 14.5 Å². The minimum atomic E-state index is -2.37. The van der Waals surface area contributed by atoms with E-state index in [1.165, 1.54) is 4.90 Å². The van der Waals surface area contributed by atoms with Crippen LogP contribution in [0, 0.1) is 11.6 Å². The highest BCUT2D eigenvalue weighted by molar-refractivity contribution is 6.24. The largest absolute Gasteiger partial charge is 0.379 e. The molecule has 356 valence electrons. The van der Waals surface area contributed by atoms with Crippen LogP contribution in [0.2, 0.25) is 0 Å². The van der Waals surface area contributed by atoms with Crippen LogP contribution in [0.15, 0.2) is 60.7 Å². The van der Waals surface area contributed by atoms with E-state index in [1.54, 1.807) is 42.5 Å². The maximum atomic E-state index is 13.5. The smallest absolute Gasteiger partial charge is 0.268 e. The summed E-state index contributed by atoms with van der Waals surface area (Å²) >= 11 is 0. The summed E-state index contributed by atoms with van der Waals surface area (Å²) in [5, 5.41) is 19.0. The SMILES string of the molecule is O=C1CCC(N2C(=O)c3cccc(CCOCCOCCOCCOCCOCCNC(=O)c4cc5cc(N6CCC(O)(C(=O)NCc7cc(F)cc(F)c7)C6=O)ccc5[nH]4)c3C2=O)C(=O)N1. The quantitative estimate of drug-likeness (QED) is 0.0382. The molecule has 21 heteroatoms. The van der Waals surface area contributed by atoms with Gasteiger partial charge in [-0.2, -0.15) is 0 Å². The zero-order chi connectivity index (χ0) is 47.5. The van der Waals surface area contributed by atoms with Gasteiger partial charge in [0.15, 0.2) is 0 Å². The van der Waals surface area contributed by atoms with Crippen molar-refractivity contribution in [1.29, 1.82) is 0 Å². The van der Waals surface area contributed by atoms with Gasteiger partial charge in [0.05, 0.1) is 77.2 Å². The van der Waals surface area contributed by atoms with Crippen LogP contribution in [-0.4, -0.2) is 147 Å². The van der Waals surface area contributed by atoms with Crippen LogP contribution >= 0.6 is 0 Å². The number of imide groups is 2. The van der Waals surface area contributed by atoms with Gasteiger partial charge < -0.3 is 49.3 Å². The third-order valence-electron chi connectivity index (χ3n) is 11.3. The predicted molar refractivity (Wildman–Crippen MR) is 232 cm³/mol. The van der Waals surface area contributed by atoms with Crippen molar-refractivity contribution in [2.45, 2.75) is 43.9 Å². The van der Waals surface area contributed by atoms with Crippen molar-refractivity contribution >= 4 is 57.9 Å². The van der Waals surface area contributed by atoms with Crippen molar-refractivity contribution in [2.75, 3.05) is 84.1 Å². The number of carbonyl (C=O) groups excluding carboxylic acids is 7. The number of hydrogen-bond donors (Lipinski definition) is 5. The van der Waals surface area contributed by atoms with E-state index < -0.39 is 58.7 Å². The van der Waals surface area contributed by atoms with Gasteiger partial charge in [-0.25, -0.2) is 8.78 Å². The number of nitrogens with zero attached hydrogens (tertiary/aromatic N) is 2. The van der Waals surface area contributed by atoms with Crippen molar-refractivity contribution in [2.24, 2.45) is 0 Å². The monoisotopic (exact) mass is 932 g/mol. The van der Waals surface area contributed by atoms with Gasteiger partial charge in [-0.1, -0.05) is 12.1 Å². The number of hydrogen-bond acceptors (Lipinski definition) is 13. The van der Waals surface area contributed by atoms with Gasteiger partial charge in [0.1, 0.15) is 23.4 Å². The molecule has 7 amide bonds. The second-order valence-electron chi connectivity index (χ2n) is 15.8. The molecule has 0 spiro atoms. The number of anilines is 1. The van der Waals surface area contributed by atoms with Crippen LogP contribution in [0.25, 0.3) is 10.9 Å². The highest BCUT2D eigenvalue weighted by atomic mass is 19.1. The van der Waals surface area contributed by atoms with Gasteiger partial charge in [-0.15, -0.1) is 0 Å². The Morgan fingerprint density at radius 2 is 1.43 bits per heavy atom. The van der Waals surface area contributed by atoms with E-state index in [-0.39, 0.29) is 80.4 Å². The van der Waals surface area contributed by atoms with Crippen LogP contribution < -0.4 is 20.9 Å². The fourth-order valence-electron chi connectivity index (χ4n) is 7.90. The molecule has 3 aliphatic rings. The fraction of sp³-hybridized carbons (Fsp3) is 0.413. The Morgan fingerprint density at radius 3 is 2.10 bits per heavy atom. The molecule has 2 saturated heterocycles. The molecular weight excluding hydrogens is 883 g/mol. The number of rotatable bonds is 24. The van der Waals surface area contributed by atoms with Gasteiger partial charge >= 0.3 is 0 Å². The summed E-state index contributed by atoms with van der Waals surface area (Å²) in [6, 6.07) is 13.3. The Labute approximate surface area is 382 Å². The van der Waals surface area contributed by atoms with E-state index >= 15 is 0 Å². The number of piperidine rings is 1. The molecule has 67 heavy (non-hydrogen) atoms. The lowest BCUT2D eigenvalue weighted by Gasteiger charge is -2.27. The molecule has 19 nitrogen and oxygen atoms in total. The van der Waals surface area contributed by atoms with Gasteiger partial charge in [0.25, 0.3) is 29.5 Å². The lowest BCUT2D eigenvalue weighted by Crippen LogP contribution is -2.54. The summed E-state index contributed by atoms with van der Waals surface area (Å²) in [4.78, 5) is 94.3. The van der Waals surface area contributed by atoms with E-state index in [4.69, 9.17) is 23.7 Å². The second kappa shape index (κ2) is 22.3.